The van der Waals surface area contributed by atoms with Crippen molar-refractivity contribution in [2.75, 3.05) is 6.54 Å². The first-order chi connectivity index (χ1) is 9.29. The van der Waals surface area contributed by atoms with Gasteiger partial charge in [-0.1, -0.05) is 6.07 Å². The van der Waals surface area contributed by atoms with E-state index in [9.17, 15) is 23.5 Å². The zero-order chi connectivity index (χ0) is 14.9. The summed E-state index contributed by atoms with van der Waals surface area (Å²) in [5.74, 6) is -2.28. The summed E-state index contributed by atoms with van der Waals surface area (Å²) < 4.78 is 26.4. The highest BCUT2D eigenvalue weighted by molar-refractivity contribution is 5.96. The highest BCUT2D eigenvalue weighted by Gasteiger charge is 2.34. The molecule has 20 heavy (non-hydrogen) atoms. The van der Waals surface area contributed by atoms with Crippen LogP contribution in [-0.4, -0.2) is 23.3 Å². The predicted octanol–water partition coefficient (Wildman–Crippen LogP) is 1.27. The number of carbonyl (C=O) groups excluding carboxylic acids is 2. The summed E-state index contributed by atoms with van der Waals surface area (Å²) in [4.78, 5) is 22.5. The number of Topliss-reactive ketones (excluding diaryl/α,β-unsaturated/α-hetero) is 1. The number of hydrogen-bond donors (Lipinski definition) is 2. The zero-order valence-corrected chi connectivity index (χ0v) is 11.0. The van der Waals surface area contributed by atoms with E-state index >= 15 is 0 Å². The minimum Gasteiger partial charge on any atom is -0.383 e. The first-order valence-electron chi connectivity index (χ1n) is 6.27. The monoisotopic (exact) mass is 283 g/mol. The summed E-state index contributed by atoms with van der Waals surface area (Å²) in [6.45, 7) is 1.12. The Labute approximate surface area is 114 Å². The maximum atomic E-state index is 13.6. The standard InChI is InChI=1S/C14H15F2NO3/c1-14(20,11-3-2-9(15)6-12(11)16)7-17-13(19)8-4-10(18)5-8/h2-3,6,8,20H,4-5,7H2,1H3,(H,17,19). The smallest absolute Gasteiger partial charge is 0.224 e. The molecule has 0 bridgehead atoms. The van der Waals surface area contributed by atoms with Crippen LogP contribution < -0.4 is 5.32 Å². The van der Waals surface area contributed by atoms with Gasteiger partial charge in [-0.25, -0.2) is 8.78 Å². The van der Waals surface area contributed by atoms with Crippen LogP contribution in [-0.2, 0) is 15.2 Å². The SMILES string of the molecule is CC(O)(CNC(=O)C1CC(=O)C1)c1ccc(F)cc1F. The van der Waals surface area contributed by atoms with Crippen LogP contribution in [0.3, 0.4) is 0 Å². The second-order valence-electron chi connectivity index (χ2n) is 5.26. The van der Waals surface area contributed by atoms with Gasteiger partial charge < -0.3 is 10.4 Å². The Morgan fingerprint density at radius 3 is 2.65 bits per heavy atom. The first kappa shape index (κ1) is 14.6. The third-order valence-corrected chi connectivity index (χ3v) is 3.44. The third-order valence-electron chi connectivity index (χ3n) is 3.44. The Kier molecular flexibility index (Phi) is 3.85. The van der Waals surface area contributed by atoms with E-state index < -0.39 is 17.2 Å². The molecular formula is C14H15F2NO3. The van der Waals surface area contributed by atoms with Gasteiger partial charge >= 0.3 is 0 Å². The molecule has 2 rings (SSSR count). The minimum atomic E-state index is -1.65. The summed E-state index contributed by atoms with van der Waals surface area (Å²) in [6, 6.07) is 2.86. The van der Waals surface area contributed by atoms with Gasteiger partial charge in [0, 0.05) is 24.5 Å². The van der Waals surface area contributed by atoms with E-state index in [4.69, 9.17) is 0 Å². The Balaban J connectivity index is 1.99. The van der Waals surface area contributed by atoms with Gasteiger partial charge in [0.1, 0.15) is 23.0 Å². The van der Waals surface area contributed by atoms with Gasteiger partial charge in [-0.3, -0.25) is 9.59 Å². The van der Waals surface area contributed by atoms with Crippen molar-refractivity contribution in [1.82, 2.24) is 5.32 Å². The fraction of sp³-hybridized carbons (Fsp3) is 0.429. The molecule has 2 N–H and O–H groups in total. The number of rotatable bonds is 4. The van der Waals surface area contributed by atoms with Crippen molar-refractivity contribution in [3.63, 3.8) is 0 Å². The summed E-state index contributed by atoms with van der Waals surface area (Å²) in [5.41, 5.74) is -1.75. The number of aliphatic hydroxyl groups is 1. The molecule has 4 nitrogen and oxygen atoms in total. The largest absolute Gasteiger partial charge is 0.383 e. The lowest BCUT2D eigenvalue weighted by atomic mass is 9.83. The molecular weight excluding hydrogens is 268 g/mol. The van der Waals surface area contributed by atoms with E-state index in [0.29, 0.717) is 6.07 Å². The van der Waals surface area contributed by atoms with Gasteiger partial charge in [0.2, 0.25) is 5.91 Å². The van der Waals surface area contributed by atoms with E-state index in [1.807, 2.05) is 0 Å². The van der Waals surface area contributed by atoms with Crippen LogP contribution in [0, 0.1) is 17.6 Å². The number of benzene rings is 1. The van der Waals surface area contributed by atoms with Gasteiger partial charge in [0.25, 0.3) is 0 Å². The van der Waals surface area contributed by atoms with Crippen LogP contribution >= 0.6 is 0 Å². The van der Waals surface area contributed by atoms with Gasteiger partial charge in [-0.05, 0) is 13.0 Å². The van der Waals surface area contributed by atoms with Crippen LogP contribution in [0.25, 0.3) is 0 Å². The average molecular weight is 283 g/mol. The highest BCUT2D eigenvalue weighted by Crippen LogP contribution is 2.25. The van der Waals surface area contributed by atoms with Crippen LogP contribution in [0.15, 0.2) is 18.2 Å². The van der Waals surface area contributed by atoms with Crippen molar-refractivity contribution in [2.45, 2.75) is 25.4 Å². The predicted molar refractivity (Wildman–Crippen MR) is 66.7 cm³/mol. The van der Waals surface area contributed by atoms with Crippen molar-refractivity contribution in [1.29, 1.82) is 0 Å². The van der Waals surface area contributed by atoms with E-state index in [1.165, 1.54) is 6.92 Å². The summed E-state index contributed by atoms with van der Waals surface area (Å²) in [7, 11) is 0. The van der Waals surface area contributed by atoms with Gasteiger partial charge in [-0.2, -0.15) is 0 Å². The number of halogens is 2. The van der Waals surface area contributed by atoms with Crippen LogP contribution in [0.5, 0.6) is 0 Å². The molecule has 1 unspecified atom stereocenters. The fourth-order valence-electron chi connectivity index (χ4n) is 2.10. The second kappa shape index (κ2) is 5.28. The molecule has 0 saturated heterocycles. The molecule has 0 heterocycles. The van der Waals surface area contributed by atoms with Crippen molar-refractivity contribution >= 4 is 11.7 Å². The molecule has 1 aromatic rings. The van der Waals surface area contributed by atoms with Gasteiger partial charge in [-0.15, -0.1) is 0 Å². The molecule has 1 aliphatic carbocycles. The number of ketones is 1. The summed E-state index contributed by atoms with van der Waals surface area (Å²) in [6.07, 6.45) is 0.414. The van der Waals surface area contributed by atoms with Gasteiger partial charge in [0.15, 0.2) is 0 Å². The van der Waals surface area contributed by atoms with E-state index in [2.05, 4.69) is 5.32 Å². The number of amides is 1. The molecule has 1 aliphatic rings. The zero-order valence-electron chi connectivity index (χ0n) is 11.0. The molecule has 0 spiro atoms. The van der Waals surface area contributed by atoms with Crippen LogP contribution in [0.4, 0.5) is 8.78 Å². The average Bonchev–Trinajstić information content (AvgIpc) is 2.31. The summed E-state index contributed by atoms with van der Waals surface area (Å²) in [5, 5.41) is 12.7. The maximum Gasteiger partial charge on any atom is 0.224 e. The third kappa shape index (κ3) is 3.01. The molecule has 0 radical (unpaired) electrons. The quantitative estimate of drug-likeness (QED) is 0.874. The molecule has 1 atom stereocenters. The molecule has 0 aromatic heterocycles. The molecule has 1 amide bonds. The number of hydrogen-bond acceptors (Lipinski definition) is 3. The lowest BCUT2D eigenvalue weighted by molar-refractivity contribution is -0.138. The first-order valence-corrected chi connectivity index (χ1v) is 6.27. The topological polar surface area (TPSA) is 66.4 Å². The van der Waals surface area contributed by atoms with Crippen molar-refractivity contribution in [3.05, 3.63) is 35.4 Å². The Morgan fingerprint density at radius 2 is 2.10 bits per heavy atom. The highest BCUT2D eigenvalue weighted by atomic mass is 19.1. The molecule has 1 aromatic carbocycles. The molecule has 1 saturated carbocycles. The molecule has 1 fully saturated rings. The number of nitrogens with one attached hydrogen (secondary N) is 1. The number of carbonyl (C=O) groups is 2. The Hall–Kier alpha value is -1.82. The lowest BCUT2D eigenvalue weighted by Gasteiger charge is -2.28. The molecule has 6 heteroatoms. The Bertz CT molecular complexity index is 549. The van der Waals surface area contributed by atoms with Crippen LogP contribution in [0.2, 0.25) is 0 Å². The lowest BCUT2D eigenvalue weighted by Crippen LogP contribution is -2.44. The van der Waals surface area contributed by atoms with Crippen LogP contribution in [0.1, 0.15) is 25.3 Å². The summed E-state index contributed by atoms with van der Waals surface area (Å²) >= 11 is 0. The van der Waals surface area contributed by atoms with E-state index in [1.54, 1.807) is 0 Å². The van der Waals surface area contributed by atoms with Crippen molar-refractivity contribution in [2.24, 2.45) is 5.92 Å². The van der Waals surface area contributed by atoms with E-state index in [0.717, 1.165) is 12.1 Å². The minimum absolute atomic E-state index is 0.0292. The Morgan fingerprint density at radius 1 is 1.45 bits per heavy atom. The second-order valence-corrected chi connectivity index (χ2v) is 5.26. The van der Waals surface area contributed by atoms with Crippen molar-refractivity contribution in [3.8, 4) is 0 Å². The van der Waals surface area contributed by atoms with Crippen molar-refractivity contribution < 1.29 is 23.5 Å². The normalized spacial score (nSPS) is 18.3. The molecule has 0 aliphatic heterocycles. The van der Waals surface area contributed by atoms with Gasteiger partial charge in [0.05, 0.1) is 12.5 Å². The fourth-order valence-corrected chi connectivity index (χ4v) is 2.10. The maximum absolute atomic E-state index is 13.6. The van der Waals surface area contributed by atoms with E-state index in [-0.39, 0.29) is 42.6 Å². The molecule has 108 valence electrons.